The van der Waals surface area contributed by atoms with Gasteiger partial charge in [0.05, 0.1) is 37.9 Å². The van der Waals surface area contributed by atoms with Gasteiger partial charge in [0.2, 0.25) is 0 Å². The summed E-state index contributed by atoms with van der Waals surface area (Å²) in [5, 5.41) is 0. The van der Waals surface area contributed by atoms with Crippen molar-refractivity contribution in [3.05, 3.63) is 0 Å². The van der Waals surface area contributed by atoms with Gasteiger partial charge in [0.25, 0.3) is 0 Å². The third kappa shape index (κ3) is 28.3. The first-order valence-electron chi connectivity index (χ1n) is 42.4. The van der Waals surface area contributed by atoms with Crippen molar-refractivity contribution in [3.8, 4) is 0 Å². The Morgan fingerprint density at radius 2 is 0.351 bits per heavy atom. The number of halogens is 21. The van der Waals surface area contributed by atoms with Gasteiger partial charge in [-0.3, -0.25) is 0 Å². The first-order chi connectivity index (χ1) is 48.9. The van der Waals surface area contributed by atoms with Crippen LogP contribution in [0.3, 0.4) is 0 Å². The minimum absolute atomic E-state index is 0.0154. The number of hydrogen-bond donors (Lipinski definition) is 0. The Morgan fingerprint density at radius 1 is 0.180 bits per heavy atom. The van der Waals surface area contributed by atoms with Crippen molar-refractivity contribution in [2.45, 2.75) is 425 Å². The van der Waals surface area contributed by atoms with Crippen molar-refractivity contribution in [1.82, 2.24) is 0 Å². The van der Waals surface area contributed by atoms with E-state index in [9.17, 15) is 92.2 Å². The highest BCUT2D eigenvalue weighted by molar-refractivity contribution is 5.06. The molecule has 0 amide bonds. The number of alkyl halides is 21. The van der Waals surface area contributed by atoms with E-state index in [-0.39, 0.29) is 88.8 Å². The second-order valence-corrected chi connectivity index (χ2v) is 38.4. The largest absolute Gasteiger partial charge is 0.395 e. The van der Waals surface area contributed by atoms with Crippen molar-refractivity contribution >= 4 is 0 Å². The van der Waals surface area contributed by atoms with Gasteiger partial charge in [-0.05, 0) is 162 Å². The summed E-state index contributed by atoms with van der Waals surface area (Å²) in [5.41, 5.74) is -13.3. The molecule has 0 aliphatic heterocycles. The van der Waals surface area contributed by atoms with Gasteiger partial charge < -0.3 is 0 Å². The van der Waals surface area contributed by atoms with Crippen molar-refractivity contribution in [1.29, 1.82) is 0 Å². The Balaban J connectivity index is -0.000000228. The molecule has 0 aromatic rings. The van der Waals surface area contributed by atoms with Crippen LogP contribution in [-0.2, 0) is 0 Å². The van der Waals surface area contributed by atoms with E-state index in [0.29, 0.717) is 77.0 Å². The van der Waals surface area contributed by atoms with Crippen LogP contribution < -0.4 is 0 Å². The molecular formula is C90H173F21. The van der Waals surface area contributed by atoms with E-state index in [1.165, 1.54) is 48.5 Å². The second kappa shape index (κ2) is 46.9. The van der Waals surface area contributed by atoms with Crippen LogP contribution >= 0.6 is 0 Å². The van der Waals surface area contributed by atoms with E-state index >= 15 is 0 Å². The zero-order valence-corrected chi connectivity index (χ0v) is 78.7. The van der Waals surface area contributed by atoms with Crippen LogP contribution in [-0.4, -0.2) is 43.2 Å². The lowest BCUT2D eigenvalue weighted by Gasteiger charge is -2.57. The molecule has 111 heavy (non-hydrogen) atoms. The average molecular weight is 1650 g/mol. The van der Waals surface area contributed by atoms with Crippen molar-refractivity contribution in [2.75, 3.05) is 0 Å². The molecule has 0 fully saturated rings. The first kappa shape index (κ1) is 123. The Kier molecular flexibility index (Phi) is 51.9. The van der Waals surface area contributed by atoms with Crippen molar-refractivity contribution in [3.63, 3.8) is 0 Å². The van der Waals surface area contributed by atoms with E-state index in [0.717, 1.165) is 0 Å². The predicted molar refractivity (Wildman–Crippen MR) is 431 cm³/mol. The normalized spacial score (nSPS) is 15.8. The minimum atomic E-state index is -4.18. The summed E-state index contributed by atoms with van der Waals surface area (Å²) in [6, 6.07) is 0. The lowest BCUT2D eigenvalue weighted by molar-refractivity contribution is -0.301. The number of hydrogen-bond acceptors (Lipinski definition) is 0. The molecule has 0 heterocycles. The zero-order chi connectivity index (χ0) is 91.8. The zero-order valence-electron chi connectivity index (χ0n) is 78.7. The van der Waals surface area contributed by atoms with Gasteiger partial charge in [-0.1, -0.05) is 336 Å². The molecule has 0 rings (SSSR count). The van der Waals surface area contributed by atoms with Gasteiger partial charge in [0, 0.05) is 0 Å². The van der Waals surface area contributed by atoms with Crippen LogP contribution in [0.1, 0.15) is 382 Å². The minimum Gasteiger partial charge on any atom is -0.170 e. The molecule has 0 radical (unpaired) electrons. The van der Waals surface area contributed by atoms with Crippen LogP contribution in [0.2, 0.25) is 0 Å². The van der Waals surface area contributed by atoms with E-state index < -0.39 is 109 Å². The van der Waals surface area contributed by atoms with E-state index in [1.807, 2.05) is 166 Å². The lowest BCUT2D eigenvalue weighted by Crippen LogP contribution is -2.57. The smallest absolute Gasteiger partial charge is 0.170 e. The van der Waals surface area contributed by atoms with Gasteiger partial charge >= 0.3 is 43.2 Å². The lowest BCUT2D eigenvalue weighted by atomic mass is 9.49. The molecule has 0 spiro atoms. The maximum atomic E-state index is 14.0. The topological polar surface area (TPSA) is 0 Å². The number of rotatable bonds is 32. The molecule has 0 bridgehead atoms. The highest BCUT2D eigenvalue weighted by Crippen LogP contribution is 2.66. The molecule has 680 valence electrons. The standard InChI is InChI=1S/C17H33F3.C15H29F3.2C13H25F3.C12H23F3.C11H21F3.C9H17F3/c1-10(2)14(11(3)4)16(9,17(18,19)20)15(12(5)6)13(7)8;1-8-12(5,9-2)14(7,15(16,17)18)13(6,10-3)11-4;1-8(2)11(9(3)4)12(7,10(5)6)13(14,15)16;1-6-10(7-2)12(5,13(14,15)16)11(8-3)9-4;1-7-10(5,8-2)11(6,9(3)4)12(13,14)15;1-6-9(7-2)10(5,8(3)4)11(12,13)14;1-6(2)8(5,7(3)4)9(10,11)12/h10-15H,1-9H3;8-11H2,1-7H3;8-11H,1-7H3;10-11H,6-9H2,1-5H3;9H,7-8H2,1-6H3;8-9H,6-7H2,1-5H3;6-7H,1-5H3/t;;12-;;11-;10-;/m..0.00./s1. The Bertz CT molecular complexity index is 2290. The predicted octanol–water partition coefficient (Wildman–Crippen LogP) is 36.7. The van der Waals surface area contributed by atoms with Crippen molar-refractivity contribution < 1.29 is 92.2 Å². The molecule has 0 aromatic carbocycles. The Hall–Kier alpha value is -1.47. The third-order valence-corrected chi connectivity index (χ3v) is 30.4. The van der Waals surface area contributed by atoms with Gasteiger partial charge in [-0.15, -0.1) is 0 Å². The fourth-order valence-corrected chi connectivity index (χ4v) is 20.2. The highest BCUT2D eigenvalue weighted by Gasteiger charge is 2.68. The van der Waals surface area contributed by atoms with Crippen LogP contribution in [0, 0.1) is 155 Å². The maximum Gasteiger partial charge on any atom is 0.395 e. The Morgan fingerprint density at radius 3 is 0.432 bits per heavy atom. The van der Waals surface area contributed by atoms with Gasteiger partial charge in [-0.25, -0.2) is 0 Å². The van der Waals surface area contributed by atoms with Gasteiger partial charge in [0.15, 0.2) is 0 Å². The summed E-state index contributed by atoms with van der Waals surface area (Å²) in [6.45, 7) is 76.7. The van der Waals surface area contributed by atoms with Gasteiger partial charge in [-0.2, -0.15) is 92.2 Å². The van der Waals surface area contributed by atoms with Gasteiger partial charge in [0.1, 0.15) is 0 Å². The maximum absolute atomic E-state index is 14.0. The quantitative estimate of drug-likeness (QED) is 0.0589. The summed E-state index contributed by atoms with van der Waals surface area (Å²) in [5.74, 6) is -3.67. The van der Waals surface area contributed by atoms with E-state index in [1.54, 1.807) is 90.0 Å². The third-order valence-electron chi connectivity index (χ3n) is 30.4. The summed E-state index contributed by atoms with van der Waals surface area (Å²) in [4.78, 5) is 0. The van der Waals surface area contributed by atoms with Crippen LogP contribution in [0.25, 0.3) is 0 Å². The SMILES string of the molecule is CC(C)C(C(C)C)C(C)(C(C(C)C)C(C)C)C(F)(F)F.CC(C)C(C(C)C)[C@](C)(C(C)C)C(F)(F)F.CC(C)C(C)(C(C)C)C(F)(F)F.CCC(C)(CC)C(C)(C(F)(F)F)C(C)(CC)CC.CCC(C)(CC)[C@](C)(C(C)C)C(F)(F)F.CCC(CC)C(C)(C(CC)CC)C(F)(F)F.CCC(CC)[C@](C)(C(C)C)C(F)(F)F. The molecule has 0 aliphatic rings. The second-order valence-electron chi connectivity index (χ2n) is 38.4. The van der Waals surface area contributed by atoms with Crippen LogP contribution in [0.4, 0.5) is 92.2 Å². The average Bonchev–Trinajstić information content (AvgIpc) is 0.721. The fraction of sp³-hybridized carbons (Fsp3) is 1.00. The Labute approximate surface area is 669 Å². The van der Waals surface area contributed by atoms with Crippen LogP contribution in [0.5, 0.6) is 0 Å². The van der Waals surface area contributed by atoms with Crippen LogP contribution in [0.15, 0.2) is 0 Å². The summed E-state index contributed by atoms with van der Waals surface area (Å²) in [6.07, 6.45) is -22.0. The molecule has 21 heteroatoms. The summed E-state index contributed by atoms with van der Waals surface area (Å²) in [7, 11) is 0. The first-order valence-corrected chi connectivity index (χ1v) is 42.4. The van der Waals surface area contributed by atoms with E-state index in [2.05, 4.69) is 0 Å². The monoisotopic (exact) mass is 1650 g/mol. The summed E-state index contributed by atoms with van der Waals surface area (Å²) < 4.78 is 280. The molecule has 0 nitrogen and oxygen atoms in total. The molecule has 0 aliphatic carbocycles. The fourth-order valence-electron chi connectivity index (χ4n) is 20.2. The summed E-state index contributed by atoms with van der Waals surface area (Å²) >= 11 is 0. The van der Waals surface area contributed by atoms with Crippen molar-refractivity contribution in [2.24, 2.45) is 155 Å². The molecule has 0 N–H and O–H groups in total. The molecule has 0 saturated carbocycles. The van der Waals surface area contributed by atoms with E-state index in [4.69, 9.17) is 0 Å². The molecular weight excluding hydrogens is 1480 g/mol. The molecule has 0 aromatic heterocycles. The molecule has 0 unspecified atom stereocenters. The molecule has 3 atom stereocenters. The molecule has 0 saturated heterocycles. The highest BCUT2D eigenvalue weighted by atomic mass is 19.4.